The summed E-state index contributed by atoms with van der Waals surface area (Å²) in [5, 5.41) is 30.5. The first-order chi connectivity index (χ1) is 24.2. The predicted molar refractivity (Wildman–Crippen MR) is 200 cm³/mol. The van der Waals surface area contributed by atoms with Crippen LogP contribution in [0.4, 0.5) is 22.7 Å². The molecule has 0 saturated heterocycles. The number of amides is 2. The van der Waals surface area contributed by atoms with E-state index >= 15 is 0 Å². The van der Waals surface area contributed by atoms with Gasteiger partial charge in [-0.2, -0.15) is 0 Å². The van der Waals surface area contributed by atoms with E-state index in [1.54, 1.807) is 12.1 Å². The molecule has 0 spiro atoms. The van der Waals surface area contributed by atoms with E-state index in [4.69, 9.17) is 17.2 Å². The van der Waals surface area contributed by atoms with E-state index in [-0.39, 0.29) is 50.1 Å². The fourth-order valence-electron chi connectivity index (χ4n) is 4.03. The quantitative estimate of drug-likeness (QED) is 0.0482. The van der Waals surface area contributed by atoms with Crippen LogP contribution in [-0.2, 0) is 20.0 Å². The molecule has 0 aromatic heterocycles. The van der Waals surface area contributed by atoms with Crippen LogP contribution in [0.1, 0.15) is 72.4 Å². The summed E-state index contributed by atoms with van der Waals surface area (Å²) in [6.45, 7) is 11.5. The van der Waals surface area contributed by atoms with Crippen LogP contribution < -0.4 is 26.6 Å². The number of carbonyl (C=O) groups excluding carboxylic acids is 2. The van der Waals surface area contributed by atoms with Crippen LogP contribution in [0.2, 0.25) is 0 Å². The van der Waals surface area contributed by atoms with Gasteiger partial charge in [0.2, 0.25) is 0 Å². The fourth-order valence-corrected chi connectivity index (χ4v) is 6.42. The molecule has 0 bridgehead atoms. The summed E-state index contributed by atoms with van der Waals surface area (Å²) >= 11 is 0. The Morgan fingerprint density at radius 1 is 0.692 bits per heavy atom. The molecule has 4 aromatic rings. The summed E-state index contributed by atoms with van der Waals surface area (Å²) in [4.78, 5) is 32.1. The molecule has 0 aliphatic rings. The Bertz CT molecular complexity index is 2120. The van der Waals surface area contributed by atoms with Gasteiger partial charge in [-0.05, 0) is 67.4 Å². The number of sulfonamides is 2. The van der Waals surface area contributed by atoms with Crippen molar-refractivity contribution in [2.45, 2.75) is 64.2 Å². The third kappa shape index (κ3) is 12.2. The van der Waals surface area contributed by atoms with E-state index in [0.29, 0.717) is 5.56 Å². The number of rotatable bonds is 9. The fraction of sp³-hybridized carbons (Fsp3) is 0.235. The van der Waals surface area contributed by atoms with Crippen LogP contribution in [0.25, 0.3) is 0 Å². The molecule has 282 valence electrons. The highest BCUT2D eigenvalue weighted by Crippen LogP contribution is 2.31. The molecular weight excluding hydrogens is 717 g/mol. The minimum Gasteiger partial charge on any atom is -0.507 e. The lowest BCUT2D eigenvalue weighted by atomic mass is 10.1. The molecule has 0 fully saturated rings. The zero-order valence-corrected chi connectivity index (χ0v) is 31.1. The number of primary amides is 2. The van der Waals surface area contributed by atoms with E-state index in [2.05, 4.69) is 37.1 Å². The molecule has 0 unspecified atom stereocenters. The Balaban J connectivity index is 0.000000453. The van der Waals surface area contributed by atoms with Gasteiger partial charge in [0, 0.05) is 6.07 Å². The number of nitro groups is 1. The van der Waals surface area contributed by atoms with Crippen molar-refractivity contribution in [2.75, 3.05) is 15.2 Å². The molecule has 52 heavy (non-hydrogen) atoms. The maximum Gasteiger partial charge on any atom is 0.289 e. The number of nitrogens with zero attached hydrogens (tertiary/aromatic N) is 1. The molecule has 4 rings (SSSR count). The van der Waals surface area contributed by atoms with E-state index in [1.807, 2.05) is 0 Å². The first-order valence-electron chi connectivity index (χ1n) is 15.6. The van der Waals surface area contributed by atoms with Crippen LogP contribution in [0, 0.1) is 24.0 Å². The molecule has 0 atom stereocenters. The number of aromatic hydroxyl groups is 2. The van der Waals surface area contributed by atoms with Crippen molar-refractivity contribution in [3.05, 3.63) is 105 Å². The molecule has 0 aliphatic carbocycles. The SMILES string of the molecule is CCC.CCC.Cc1cc(NS(=O)(=O)c2ccccc2N)cc(C(N)=O)c1O.Cc1cc(NS(=O)(=O)c2ccccc2[N+](=O)[O-])cc(C(N)=O)c1O. The molecular formula is C34H44N6O10S2. The summed E-state index contributed by atoms with van der Waals surface area (Å²) in [6.07, 6.45) is 2.50. The smallest absolute Gasteiger partial charge is 0.289 e. The highest BCUT2D eigenvalue weighted by molar-refractivity contribution is 7.93. The number of aryl methyl sites for hydroxylation is 2. The standard InChI is InChI=1S/C14H13N3O6S.C14H15N3O4S.2C3H8/c1-8-6-9(7-10(13(8)18)14(15)19)16-24(22,23)12-5-3-2-4-11(12)17(20)21;1-8-6-9(7-10(13(8)18)14(16)19)17-22(20,21)12-5-3-2-4-11(12)15;2*1-3-2/h2-7,16,18H,1H3,(H2,15,19);2-7,17-18H,15H2,1H3,(H2,16,19);2*3H2,1-2H3. The number of hydrogen-bond donors (Lipinski definition) is 7. The van der Waals surface area contributed by atoms with Gasteiger partial charge in [-0.1, -0.05) is 64.8 Å². The van der Waals surface area contributed by atoms with Gasteiger partial charge in [0.1, 0.15) is 16.4 Å². The Hall–Kier alpha value is -5.88. The summed E-state index contributed by atoms with van der Waals surface area (Å²) in [5.74, 6) is -2.45. The van der Waals surface area contributed by atoms with Crippen molar-refractivity contribution >= 4 is 54.6 Å². The number of anilines is 3. The van der Waals surface area contributed by atoms with E-state index < -0.39 is 47.4 Å². The van der Waals surface area contributed by atoms with Crippen molar-refractivity contribution < 1.29 is 41.6 Å². The molecule has 2 amide bonds. The van der Waals surface area contributed by atoms with Gasteiger partial charge in [-0.15, -0.1) is 0 Å². The second-order valence-electron chi connectivity index (χ2n) is 11.0. The zero-order chi connectivity index (χ0) is 40.0. The molecule has 4 aromatic carbocycles. The number of nitrogens with one attached hydrogen (secondary N) is 2. The lowest BCUT2D eigenvalue weighted by Gasteiger charge is -2.12. The molecule has 0 radical (unpaired) electrons. The number of benzene rings is 4. The third-order valence-corrected chi connectivity index (χ3v) is 9.08. The first-order valence-corrected chi connectivity index (χ1v) is 18.6. The number of phenols is 2. The van der Waals surface area contributed by atoms with Gasteiger partial charge in [0.05, 0.1) is 33.1 Å². The van der Waals surface area contributed by atoms with Crippen LogP contribution in [-0.4, -0.2) is 43.8 Å². The number of hydrogen-bond acceptors (Lipinski definition) is 11. The summed E-state index contributed by atoms with van der Waals surface area (Å²) in [6, 6.07) is 15.7. The third-order valence-electron chi connectivity index (χ3n) is 6.20. The van der Waals surface area contributed by atoms with Gasteiger partial charge in [0.25, 0.3) is 37.5 Å². The van der Waals surface area contributed by atoms with Gasteiger partial charge in [-0.25, -0.2) is 16.8 Å². The number of para-hydroxylation sites is 2. The Morgan fingerprint density at radius 3 is 1.40 bits per heavy atom. The topological polar surface area (TPSA) is 288 Å². The number of nitro benzene ring substituents is 1. The first kappa shape index (κ1) is 44.1. The van der Waals surface area contributed by atoms with Crippen molar-refractivity contribution in [1.29, 1.82) is 0 Å². The largest absolute Gasteiger partial charge is 0.507 e. The highest BCUT2D eigenvalue weighted by Gasteiger charge is 2.26. The van der Waals surface area contributed by atoms with Gasteiger partial charge in [-0.3, -0.25) is 29.1 Å². The van der Waals surface area contributed by atoms with E-state index in [9.17, 15) is 46.8 Å². The summed E-state index contributed by atoms with van der Waals surface area (Å²) in [7, 11) is -8.21. The Morgan fingerprint density at radius 2 is 1.04 bits per heavy atom. The van der Waals surface area contributed by atoms with Crippen molar-refractivity contribution in [1.82, 2.24) is 0 Å². The number of carbonyl (C=O) groups is 2. The van der Waals surface area contributed by atoms with Crippen LogP contribution in [0.3, 0.4) is 0 Å². The Labute approximate surface area is 302 Å². The molecule has 18 heteroatoms. The Kier molecular flexibility index (Phi) is 16.5. The molecule has 0 heterocycles. The lowest BCUT2D eigenvalue weighted by molar-refractivity contribution is -0.387. The molecule has 16 nitrogen and oxygen atoms in total. The van der Waals surface area contributed by atoms with Crippen molar-refractivity contribution in [3.8, 4) is 11.5 Å². The number of nitrogens with two attached hydrogens (primary N) is 3. The average Bonchev–Trinajstić information content (AvgIpc) is 3.05. The second kappa shape index (κ2) is 19.5. The zero-order valence-electron chi connectivity index (χ0n) is 29.5. The maximum atomic E-state index is 12.4. The number of nitrogen functional groups attached to an aromatic ring is 1. The normalized spacial score (nSPS) is 10.5. The molecule has 0 aliphatic heterocycles. The second-order valence-corrected chi connectivity index (χ2v) is 14.3. The van der Waals surface area contributed by atoms with E-state index in [1.165, 1.54) is 69.2 Å². The van der Waals surface area contributed by atoms with Gasteiger partial charge in [0.15, 0.2) is 4.90 Å². The van der Waals surface area contributed by atoms with Gasteiger partial charge < -0.3 is 27.4 Å². The average molecular weight is 761 g/mol. The van der Waals surface area contributed by atoms with E-state index in [0.717, 1.165) is 18.2 Å². The highest BCUT2D eigenvalue weighted by atomic mass is 32.2. The molecule has 0 saturated carbocycles. The summed E-state index contributed by atoms with van der Waals surface area (Å²) < 4.78 is 53.9. The van der Waals surface area contributed by atoms with Crippen molar-refractivity contribution in [2.24, 2.45) is 11.5 Å². The molecule has 10 N–H and O–H groups in total. The lowest BCUT2D eigenvalue weighted by Crippen LogP contribution is -2.16. The summed E-state index contributed by atoms with van der Waals surface area (Å²) in [5.41, 5.74) is 15.6. The minimum absolute atomic E-state index is 0.0581. The van der Waals surface area contributed by atoms with Crippen molar-refractivity contribution in [3.63, 3.8) is 0 Å². The minimum atomic E-state index is -4.29. The van der Waals surface area contributed by atoms with Crippen LogP contribution in [0.15, 0.2) is 82.6 Å². The predicted octanol–water partition coefficient (Wildman–Crippen LogP) is 5.52. The maximum absolute atomic E-state index is 12.4. The van der Waals surface area contributed by atoms with Crippen LogP contribution in [0.5, 0.6) is 11.5 Å². The monoisotopic (exact) mass is 760 g/mol. The van der Waals surface area contributed by atoms with Crippen LogP contribution >= 0.6 is 0 Å². The van der Waals surface area contributed by atoms with Gasteiger partial charge >= 0.3 is 0 Å².